The average Bonchev–Trinajstić information content (AvgIpc) is 2.95. The maximum atomic E-state index is 12.9. The summed E-state index contributed by atoms with van der Waals surface area (Å²) < 4.78 is 55.4. The summed E-state index contributed by atoms with van der Waals surface area (Å²) >= 11 is 1.93. The van der Waals surface area contributed by atoms with Crippen molar-refractivity contribution in [3.05, 3.63) is 88.0 Å². The van der Waals surface area contributed by atoms with Crippen molar-refractivity contribution in [2.24, 2.45) is 5.10 Å². The summed E-state index contributed by atoms with van der Waals surface area (Å²) in [5, 5.41) is 8.58. The number of nitrogens with zero attached hydrogens (tertiary/aromatic N) is 1. The molecular formula is C28H24F3IN4O6. The van der Waals surface area contributed by atoms with Crippen LogP contribution in [0.3, 0.4) is 0 Å². The molecular weight excluding hydrogens is 672 g/mol. The first kappa shape index (κ1) is 31.9. The van der Waals surface area contributed by atoms with Crippen molar-refractivity contribution >= 4 is 57.9 Å². The zero-order chi connectivity index (χ0) is 30.7. The molecule has 0 unspecified atom stereocenters. The molecule has 0 bridgehead atoms. The van der Waals surface area contributed by atoms with Gasteiger partial charge >= 0.3 is 18.0 Å². The molecule has 0 saturated heterocycles. The van der Waals surface area contributed by atoms with Crippen LogP contribution in [0.4, 0.5) is 24.5 Å². The molecule has 10 nitrogen and oxygen atoms in total. The second-order valence-electron chi connectivity index (χ2n) is 8.23. The maximum absolute atomic E-state index is 12.9. The first-order valence-electron chi connectivity index (χ1n) is 12.0. The van der Waals surface area contributed by atoms with Gasteiger partial charge in [-0.05, 0) is 82.8 Å². The van der Waals surface area contributed by atoms with Crippen molar-refractivity contribution in [2.75, 3.05) is 31.0 Å². The minimum Gasteiger partial charge on any atom is -0.493 e. The Labute approximate surface area is 252 Å². The molecule has 0 radical (unpaired) electrons. The minimum absolute atomic E-state index is 0.0332. The van der Waals surface area contributed by atoms with Crippen molar-refractivity contribution in [1.29, 1.82) is 0 Å². The molecule has 0 saturated carbocycles. The van der Waals surface area contributed by atoms with Gasteiger partial charge in [0.2, 0.25) is 0 Å². The molecule has 220 valence electrons. The quantitative estimate of drug-likeness (QED) is 0.0853. The fourth-order valence-electron chi connectivity index (χ4n) is 3.26. The lowest BCUT2D eigenvalue weighted by Gasteiger charge is -2.14. The van der Waals surface area contributed by atoms with Crippen LogP contribution in [0.5, 0.6) is 17.2 Å². The molecule has 14 heteroatoms. The van der Waals surface area contributed by atoms with Crippen LogP contribution in [-0.2, 0) is 20.6 Å². The SMILES string of the molecule is C=CCOc1ccc(NC(=O)C(=O)N/N=C\c2cc(I)c(OCC(=O)Nc3cccc(C(F)(F)F)c3)c(OC)c2)cc1. The number of rotatable bonds is 11. The standard InChI is InChI=1S/C28H24F3IN4O6/c1-3-11-41-21-9-7-19(8-10-21)35-26(38)27(39)36-33-15-17-12-22(32)25(23(13-17)40-2)42-16-24(37)34-20-6-4-5-18(14-20)28(29,30)31/h3-10,12-15H,1,11,16H2,2H3,(H,34,37)(H,35,38)(H,36,39)/b33-15-. The van der Waals surface area contributed by atoms with E-state index >= 15 is 0 Å². The van der Waals surface area contributed by atoms with Crippen LogP contribution in [0.2, 0.25) is 0 Å². The Bertz CT molecular complexity index is 1480. The molecule has 0 atom stereocenters. The zero-order valence-electron chi connectivity index (χ0n) is 22.0. The number of hydrazone groups is 1. The third kappa shape index (κ3) is 9.50. The number of hydrogen-bond donors (Lipinski definition) is 3. The van der Waals surface area contributed by atoms with E-state index in [9.17, 15) is 27.6 Å². The molecule has 0 heterocycles. The smallest absolute Gasteiger partial charge is 0.416 e. The summed E-state index contributed by atoms with van der Waals surface area (Å²) in [5.41, 5.74) is 2.04. The van der Waals surface area contributed by atoms with Crippen molar-refractivity contribution in [1.82, 2.24) is 5.43 Å². The molecule has 0 fully saturated rings. The number of anilines is 2. The highest BCUT2D eigenvalue weighted by atomic mass is 127. The molecule has 3 N–H and O–H groups in total. The number of nitrogens with one attached hydrogen (secondary N) is 3. The van der Waals surface area contributed by atoms with E-state index in [0.29, 0.717) is 27.2 Å². The summed E-state index contributed by atoms with van der Waals surface area (Å²) in [6.45, 7) is 3.38. The van der Waals surface area contributed by atoms with E-state index in [0.717, 1.165) is 12.1 Å². The lowest BCUT2D eigenvalue weighted by atomic mass is 10.2. The predicted molar refractivity (Wildman–Crippen MR) is 158 cm³/mol. The van der Waals surface area contributed by atoms with Gasteiger partial charge in [-0.2, -0.15) is 18.3 Å². The highest BCUT2D eigenvalue weighted by molar-refractivity contribution is 14.1. The van der Waals surface area contributed by atoms with Crippen molar-refractivity contribution in [3.63, 3.8) is 0 Å². The number of benzene rings is 3. The highest BCUT2D eigenvalue weighted by Crippen LogP contribution is 2.34. The Morgan fingerprint density at radius 2 is 1.71 bits per heavy atom. The van der Waals surface area contributed by atoms with E-state index in [2.05, 4.69) is 27.7 Å². The van der Waals surface area contributed by atoms with Crippen molar-refractivity contribution in [2.45, 2.75) is 6.18 Å². The molecule has 0 spiro atoms. The van der Waals surface area contributed by atoms with Crippen LogP contribution in [0.15, 0.2) is 78.4 Å². The topological polar surface area (TPSA) is 127 Å². The first-order valence-corrected chi connectivity index (χ1v) is 13.0. The summed E-state index contributed by atoms with van der Waals surface area (Å²) in [4.78, 5) is 36.6. The van der Waals surface area contributed by atoms with Crippen LogP contribution in [0, 0.1) is 3.57 Å². The molecule has 3 amide bonds. The third-order valence-corrected chi connectivity index (χ3v) is 5.94. The van der Waals surface area contributed by atoms with Crippen LogP contribution in [-0.4, -0.2) is 44.3 Å². The zero-order valence-corrected chi connectivity index (χ0v) is 24.1. The van der Waals surface area contributed by atoms with Crippen LogP contribution >= 0.6 is 22.6 Å². The van der Waals surface area contributed by atoms with Crippen LogP contribution in [0.25, 0.3) is 0 Å². The lowest BCUT2D eigenvalue weighted by Crippen LogP contribution is -2.32. The van der Waals surface area contributed by atoms with Gasteiger partial charge in [0.15, 0.2) is 18.1 Å². The number of carbonyl (C=O) groups is 3. The fraction of sp³-hybridized carbons (Fsp3) is 0.143. The number of ether oxygens (including phenoxy) is 3. The van der Waals surface area contributed by atoms with E-state index in [-0.39, 0.29) is 17.2 Å². The predicted octanol–water partition coefficient (Wildman–Crippen LogP) is 4.99. The monoisotopic (exact) mass is 696 g/mol. The van der Waals surface area contributed by atoms with Gasteiger partial charge in [-0.15, -0.1) is 0 Å². The number of hydrogen-bond acceptors (Lipinski definition) is 7. The van der Waals surface area contributed by atoms with Gasteiger partial charge in [0.1, 0.15) is 12.4 Å². The van der Waals surface area contributed by atoms with Gasteiger partial charge < -0.3 is 24.8 Å². The number of halogens is 4. The van der Waals surface area contributed by atoms with E-state index in [1.807, 2.05) is 22.6 Å². The molecule has 3 aromatic rings. The van der Waals surface area contributed by atoms with Crippen LogP contribution in [0.1, 0.15) is 11.1 Å². The number of carbonyl (C=O) groups excluding carboxylic acids is 3. The second kappa shape index (κ2) is 14.9. The summed E-state index contributed by atoms with van der Waals surface area (Å²) in [6, 6.07) is 13.7. The normalized spacial score (nSPS) is 11.0. The lowest BCUT2D eigenvalue weighted by molar-refractivity contribution is -0.137. The van der Waals surface area contributed by atoms with Gasteiger partial charge in [0.05, 0.1) is 22.5 Å². The Balaban J connectivity index is 1.55. The number of alkyl halides is 3. The van der Waals surface area contributed by atoms with E-state index in [4.69, 9.17) is 14.2 Å². The summed E-state index contributed by atoms with van der Waals surface area (Å²) in [6.07, 6.45) is -1.68. The minimum atomic E-state index is -4.55. The number of amides is 3. The molecule has 0 aliphatic heterocycles. The Hall–Kier alpha value is -4.60. The molecule has 0 aliphatic rings. The van der Waals surface area contributed by atoms with Crippen molar-refractivity contribution in [3.8, 4) is 17.2 Å². The van der Waals surface area contributed by atoms with E-state index < -0.39 is 36.1 Å². The van der Waals surface area contributed by atoms with Gasteiger partial charge in [0, 0.05) is 11.4 Å². The van der Waals surface area contributed by atoms with Gasteiger partial charge in [-0.25, -0.2) is 5.43 Å². The molecule has 3 rings (SSSR count). The molecule has 0 aromatic heterocycles. The van der Waals surface area contributed by atoms with E-state index in [1.54, 1.807) is 36.4 Å². The van der Waals surface area contributed by atoms with Gasteiger partial charge in [-0.1, -0.05) is 18.7 Å². The number of methoxy groups -OCH3 is 1. The first-order chi connectivity index (χ1) is 20.0. The van der Waals surface area contributed by atoms with Gasteiger partial charge in [-0.3, -0.25) is 14.4 Å². The molecule has 42 heavy (non-hydrogen) atoms. The average molecular weight is 696 g/mol. The Kier molecular flexibility index (Phi) is 11.3. The Morgan fingerprint density at radius 1 is 0.976 bits per heavy atom. The maximum Gasteiger partial charge on any atom is 0.416 e. The largest absolute Gasteiger partial charge is 0.493 e. The fourth-order valence-corrected chi connectivity index (χ4v) is 4.04. The molecule has 3 aromatic carbocycles. The van der Waals surface area contributed by atoms with Crippen molar-refractivity contribution < 1.29 is 41.8 Å². The summed E-state index contributed by atoms with van der Waals surface area (Å²) in [5.74, 6) is -1.63. The van der Waals surface area contributed by atoms with Gasteiger partial charge in [0.25, 0.3) is 5.91 Å². The third-order valence-electron chi connectivity index (χ3n) is 5.14. The second-order valence-corrected chi connectivity index (χ2v) is 9.39. The highest BCUT2D eigenvalue weighted by Gasteiger charge is 2.30. The van der Waals surface area contributed by atoms with Crippen LogP contribution < -0.4 is 30.3 Å². The molecule has 0 aliphatic carbocycles. The Morgan fingerprint density at radius 3 is 2.38 bits per heavy atom. The van der Waals surface area contributed by atoms with E-state index in [1.165, 1.54) is 31.5 Å². The summed E-state index contributed by atoms with van der Waals surface area (Å²) in [7, 11) is 1.37.